The van der Waals surface area contributed by atoms with Gasteiger partial charge in [-0.25, -0.2) is 8.42 Å². The Labute approximate surface area is 137 Å². The standard InChI is InChI=1S/C12H15BrN2O4S2/c1-19-11(16)3-2-6-21(17,18)15-10-5-4-8(12(14)20)7-9(10)13/h4-5,7,15H,2-3,6H2,1H3,(H2,14,20). The number of methoxy groups -OCH3 is 1. The third-order valence-corrected chi connectivity index (χ3v) is 4.79. The van der Waals surface area contributed by atoms with Crippen LogP contribution in [0.15, 0.2) is 22.7 Å². The molecule has 1 rings (SSSR count). The largest absolute Gasteiger partial charge is 0.469 e. The third-order valence-electron chi connectivity index (χ3n) is 2.54. The number of ether oxygens (including phenoxy) is 1. The van der Waals surface area contributed by atoms with Gasteiger partial charge in [0.25, 0.3) is 0 Å². The second-order valence-corrected chi connectivity index (χ2v) is 7.30. The molecule has 0 heterocycles. The van der Waals surface area contributed by atoms with E-state index in [0.29, 0.717) is 15.7 Å². The van der Waals surface area contributed by atoms with Crippen LogP contribution < -0.4 is 10.5 Å². The van der Waals surface area contributed by atoms with Gasteiger partial charge in [-0.15, -0.1) is 0 Å². The van der Waals surface area contributed by atoms with Crippen LogP contribution in [-0.4, -0.2) is 32.2 Å². The molecule has 0 amide bonds. The first-order valence-electron chi connectivity index (χ1n) is 5.92. The zero-order chi connectivity index (χ0) is 16.0. The van der Waals surface area contributed by atoms with E-state index in [9.17, 15) is 13.2 Å². The first-order valence-corrected chi connectivity index (χ1v) is 8.77. The highest BCUT2D eigenvalue weighted by atomic mass is 79.9. The summed E-state index contributed by atoms with van der Waals surface area (Å²) in [4.78, 5) is 11.2. The molecule has 0 saturated heterocycles. The van der Waals surface area contributed by atoms with Crippen molar-refractivity contribution in [2.75, 3.05) is 17.6 Å². The Morgan fingerprint density at radius 1 is 1.48 bits per heavy atom. The molecule has 3 N–H and O–H groups in total. The Kier molecular flexibility index (Phi) is 6.56. The molecule has 21 heavy (non-hydrogen) atoms. The second kappa shape index (κ2) is 7.71. The molecule has 0 saturated carbocycles. The van der Waals surface area contributed by atoms with Crippen molar-refractivity contribution in [1.29, 1.82) is 0 Å². The van der Waals surface area contributed by atoms with Crippen LogP contribution in [0.1, 0.15) is 18.4 Å². The number of sulfonamides is 1. The summed E-state index contributed by atoms with van der Waals surface area (Å²) in [5, 5.41) is 0. The summed E-state index contributed by atoms with van der Waals surface area (Å²) in [5.41, 5.74) is 6.51. The molecule has 1 aromatic rings. The number of nitrogens with two attached hydrogens (primary N) is 1. The van der Waals surface area contributed by atoms with Crippen molar-refractivity contribution in [3.05, 3.63) is 28.2 Å². The van der Waals surface area contributed by atoms with Crippen LogP contribution >= 0.6 is 28.1 Å². The summed E-state index contributed by atoms with van der Waals surface area (Å²) < 4.78 is 31.2. The van der Waals surface area contributed by atoms with E-state index in [4.69, 9.17) is 18.0 Å². The van der Waals surface area contributed by atoms with Crippen molar-refractivity contribution in [2.24, 2.45) is 5.73 Å². The van der Waals surface area contributed by atoms with E-state index in [2.05, 4.69) is 25.4 Å². The minimum Gasteiger partial charge on any atom is -0.469 e. The van der Waals surface area contributed by atoms with Gasteiger partial charge in [0.1, 0.15) is 4.99 Å². The van der Waals surface area contributed by atoms with Crippen molar-refractivity contribution in [1.82, 2.24) is 0 Å². The van der Waals surface area contributed by atoms with E-state index in [1.54, 1.807) is 18.2 Å². The van der Waals surface area contributed by atoms with Gasteiger partial charge in [0.15, 0.2) is 0 Å². The van der Waals surface area contributed by atoms with Gasteiger partial charge < -0.3 is 10.5 Å². The zero-order valence-electron chi connectivity index (χ0n) is 11.3. The van der Waals surface area contributed by atoms with E-state index in [1.807, 2.05) is 0 Å². The maximum absolute atomic E-state index is 11.9. The summed E-state index contributed by atoms with van der Waals surface area (Å²) in [6, 6.07) is 4.82. The van der Waals surface area contributed by atoms with Gasteiger partial charge in [0.05, 0.1) is 18.6 Å². The SMILES string of the molecule is COC(=O)CCCS(=O)(=O)Nc1ccc(C(N)=S)cc1Br. The van der Waals surface area contributed by atoms with Crippen LogP contribution in [-0.2, 0) is 19.6 Å². The van der Waals surface area contributed by atoms with Crippen molar-refractivity contribution in [3.8, 4) is 0 Å². The molecule has 0 aliphatic heterocycles. The molecule has 116 valence electrons. The summed E-state index contributed by atoms with van der Waals surface area (Å²) >= 11 is 8.10. The summed E-state index contributed by atoms with van der Waals surface area (Å²) in [7, 11) is -2.29. The Bertz CT molecular complexity index is 647. The van der Waals surface area contributed by atoms with Crippen LogP contribution in [0.2, 0.25) is 0 Å². The molecule has 0 aliphatic rings. The van der Waals surface area contributed by atoms with E-state index in [0.717, 1.165) is 0 Å². The third kappa shape index (κ3) is 5.98. The van der Waals surface area contributed by atoms with Gasteiger partial charge in [-0.3, -0.25) is 9.52 Å². The minimum absolute atomic E-state index is 0.0545. The molecule has 0 bridgehead atoms. The number of esters is 1. The van der Waals surface area contributed by atoms with E-state index in [1.165, 1.54) is 7.11 Å². The first kappa shape index (κ1) is 17.9. The predicted octanol–water partition coefficient (Wildman–Crippen LogP) is 1.78. The molecule has 0 aromatic heterocycles. The van der Waals surface area contributed by atoms with E-state index < -0.39 is 16.0 Å². The van der Waals surface area contributed by atoms with Crippen molar-refractivity contribution in [2.45, 2.75) is 12.8 Å². The van der Waals surface area contributed by atoms with Crippen molar-refractivity contribution < 1.29 is 17.9 Å². The molecule has 0 radical (unpaired) electrons. The van der Waals surface area contributed by atoms with E-state index >= 15 is 0 Å². The Balaban J connectivity index is 2.71. The Morgan fingerprint density at radius 3 is 2.67 bits per heavy atom. The fourth-order valence-electron chi connectivity index (χ4n) is 1.48. The number of hydrogen-bond donors (Lipinski definition) is 2. The second-order valence-electron chi connectivity index (χ2n) is 4.16. The van der Waals surface area contributed by atoms with E-state index in [-0.39, 0.29) is 23.6 Å². The molecule has 0 atom stereocenters. The lowest BCUT2D eigenvalue weighted by Gasteiger charge is -2.10. The number of hydrogen-bond acceptors (Lipinski definition) is 5. The number of carbonyl (C=O) groups is 1. The molecule has 1 aromatic carbocycles. The smallest absolute Gasteiger partial charge is 0.305 e. The highest BCUT2D eigenvalue weighted by Gasteiger charge is 2.14. The fraction of sp³-hybridized carbons (Fsp3) is 0.333. The lowest BCUT2D eigenvalue weighted by atomic mass is 10.2. The molecule has 0 spiro atoms. The number of halogens is 1. The quantitative estimate of drug-likeness (QED) is 0.540. The molecule has 0 aliphatic carbocycles. The average Bonchev–Trinajstić information content (AvgIpc) is 2.40. The molecule has 9 heteroatoms. The maximum atomic E-state index is 11.9. The van der Waals surface area contributed by atoms with Gasteiger partial charge in [-0.05, 0) is 40.5 Å². The van der Waals surface area contributed by atoms with Crippen LogP contribution in [0, 0.1) is 0 Å². The van der Waals surface area contributed by atoms with Gasteiger partial charge in [0, 0.05) is 16.5 Å². The molecule has 0 fully saturated rings. The number of rotatable bonds is 7. The van der Waals surface area contributed by atoms with Gasteiger partial charge in [0.2, 0.25) is 10.0 Å². The average molecular weight is 395 g/mol. The number of thiocarbonyl (C=S) groups is 1. The highest BCUT2D eigenvalue weighted by Crippen LogP contribution is 2.24. The summed E-state index contributed by atoms with van der Waals surface area (Å²) in [5.74, 6) is -0.613. The van der Waals surface area contributed by atoms with Crippen LogP contribution in [0.4, 0.5) is 5.69 Å². The lowest BCUT2D eigenvalue weighted by Crippen LogP contribution is -2.18. The monoisotopic (exact) mass is 394 g/mol. The lowest BCUT2D eigenvalue weighted by molar-refractivity contribution is -0.140. The number of benzene rings is 1. The maximum Gasteiger partial charge on any atom is 0.305 e. The highest BCUT2D eigenvalue weighted by molar-refractivity contribution is 9.10. The zero-order valence-corrected chi connectivity index (χ0v) is 14.5. The van der Waals surface area contributed by atoms with Gasteiger partial charge >= 0.3 is 5.97 Å². The van der Waals surface area contributed by atoms with Crippen LogP contribution in [0.3, 0.4) is 0 Å². The molecular formula is C12H15BrN2O4S2. The topological polar surface area (TPSA) is 98.5 Å². The van der Waals surface area contributed by atoms with Crippen LogP contribution in [0.5, 0.6) is 0 Å². The van der Waals surface area contributed by atoms with Crippen molar-refractivity contribution in [3.63, 3.8) is 0 Å². The molecular weight excluding hydrogens is 380 g/mol. The minimum atomic E-state index is -3.55. The number of carbonyl (C=O) groups excluding carboxylic acids is 1. The van der Waals surface area contributed by atoms with Crippen LogP contribution in [0.25, 0.3) is 0 Å². The normalized spacial score (nSPS) is 11.0. The number of nitrogens with one attached hydrogen (secondary N) is 1. The molecule has 0 unspecified atom stereocenters. The number of anilines is 1. The summed E-state index contributed by atoms with van der Waals surface area (Å²) in [6.07, 6.45) is 0.240. The fourth-order valence-corrected chi connectivity index (χ4v) is 3.35. The van der Waals surface area contributed by atoms with Crippen molar-refractivity contribution >= 4 is 54.8 Å². The Morgan fingerprint density at radius 2 is 2.14 bits per heavy atom. The first-order chi connectivity index (χ1) is 9.75. The van der Waals surface area contributed by atoms with Gasteiger partial charge in [-0.2, -0.15) is 0 Å². The Hall–Kier alpha value is -1.19. The summed E-state index contributed by atoms with van der Waals surface area (Å²) in [6.45, 7) is 0. The van der Waals surface area contributed by atoms with Gasteiger partial charge in [-0.1, -0.05) is 12.2 Å². The molecule has 6 nitrogen and oxygen atoms in total. The predicted molar refractivity (Wildman–Crippen MR) is 88.7 cm³/mol.